The Morgan fingerprint density at radius 3 is 2.42 bits per heavy atom. The predicted molar refractivity (Wildman–Crippen MR) is 43.1 cm³/mol. The maximum atomic E-state index is 4.10. The molecule has 0 aliphatic heterocycles. The van der Waals surface area contributed by atoms with Crippen LogP contribution in [0.4, 0.5) is 0 Å². The van der Waals surface area contributed by atoms with Gasteiger partial charge in [-0.2, -0.15) is 5.69 Å². The Labute approximate surface area is 85.9 Å². The van der Waals surface area contributed by atoms with Crippen molar-refractivity contribution >= 4 is 11.3 Å². The Morgan fingerprint density at radius 1 is 1.50 bits per heavy atom. The molecule has 1 rings (SSSR count). The van der Waals surface area contributed by atoms with E-state index in [1.54, 1.807) is 0 Å². The first kappa shape index (κ1) is 13.9. The number of hydrogen-bond acceptors (Lipinski definition) is 2. The molecule has 0 spiro atoms. The second kappa shape index (κ2) is 5.03. The van der Waals surface area contributed by atoms with Crippen LogP contribution >= 0.6 is 11.3 Å². The molecule has 4 heteroatoms. The van der Waals surface area contributed by atoms with E-state index in [0.717, 1.165) is 12.1 Å². The van der Waals surface area contributed by atoms with Crippen LogP contribution in [-0.4, -0.2) is 4.98 Å². The summed E-state index contributed by atoms with van der Waals surface area (Å²) in [6, 6.07) is 0. The normalized spacial score (nSPS) is 9.92. The Bertz CT molecular complexity index is 199. The van der Waals surface area contributed by atoms with E-state index in [1.165, 1.54) is 11.3 Å². The molecular weight excluding hydrogens is 595 g/mol. The molecule has 0 atom stereocenters. The molecule has 65 valence electrons. The van der Waals surface area contributed by atoms with Crippen LogP contribution in [0.5, 0.6) is 0 Å². The van der Waals surface area contributed by atoms with Crippen LogP contribution in [0.15, 0.2) is 0 Å². The van der Waals surface area contributed by atoms with Gasteiger partial charge in [0.15, 0.2) is 0 Å². The maximum Gasteiger partial charge on any atom is 0 e. The van der Waals surface area contributed by atoms with Crippen molar-refractivity contribution in [2.24, 2.45) is 0 Å². The first-order chi connectivity index (χ1) is 4.67. The monoisotopic (exact) mass is 607 g/mol. The van der Waals surface area contributed by atoms with Crippen LogP contribution in [0, 0.1) is 10.9 Å². The molecule has 0 saturated carbocycles. The van der Waals surface area contributed by atoms with Crippen LogP contribution < -0.4 is 0 Å². The van der Waals surface area contributed by atoms with Gasteiger partial charge in [0.1, 0.15) is 0 Å². The van der Waals surface area contributed by atoms with E-state index in [0.29, 0.717) is 0 Å². The molecule has 0 aromatic carbocycles. The molecule has 1 aromatic rings. The summed E-state index contributed by atoms with van der Waals surface area (Å²) in [6.45, 7) is 6.51. The molecule has 1 heterocycles. The maximum absolute atomic E-state index is 4.10. The SMILES string of the molecule is CCC(C)(C)c1[c-]s[c-]n1.[Re].[Rf]. The van der Waals surface area contributed by atoms with Gasteiger partial charge in [0.2, 0.25) is 0 Å². The van der Waals surface area contributed by atoms with Crippen molar-refractivity contribution in [3.05, 3.63) is 16.6 Å². The van der Waals surface area contributed by atoms with Crippen LogP contribution in [0.3, 0.4) is 0 Å². The minimum atomic E-state index is 0. The molecule has 0 amide bonds. The van der Waals surface area contributed by atoms with Gasteiger partial charge in [-0.05, 0) is 11.8 Å². The van der Waals surface area contributed by atoms with E-state index in [1.807, 2.05) is 0 Å². The molecule has 12 heavy (non-hydrogen) atoms. The average Bonchev–Trinajstić information content (AvgIpc) is 2.38. The van der Waals surface area contributed by atoms with Gasteiger partial charge in [-0.15, -0.1) is 0 Å². The van der Waals surface area contributed by atoms with Crippen molar-refractivity contribution in [3.8, 4) is 0 Å². The molecule has 1 aromatic heterocycles. The fraction of sp³-hybridized carbons (Fsp3) is 0.625. The van der Waals surface area contributed by atoms with Gasteiger partial charge in [-0.25, -0.2) is 0 Å². The van der Waals surface area contributed by atoms with Gasteiger partial charge >= 0.3 is 0 Å². The molecule has 1 radical (unpaired) electrons. The van der Waals surface area contributed by atoms with Crippen molar-refractivity contribution in [2.75, 3.05) is 0 Å². The molecule has 0 N–H and O–H groups in total. The third-order valence-electron chi connectivity index (χ3n) is 1.88. The third-order valence-corrected chi connectivity index (χ3v) is 2.35. The van der Waals surface area contributed by atoms with Crippen molar-refractivity contribution in [3.63, 3.8) is 0 Å². The van der Waals surface area contributed by atoms with E-state index in [4.69, 9.17) is 0 Å². The van der Waals surface area contributed by atoms with Crippen LogP contribution in [0.25, 0.3) is 0 Å². The molecule has 0 saturated heterocycles. The Hall–Kier alpha value is -0.708. The summed E-state index contributed by atoms with van der Waals surface area (Å²) in [7, 11) is 0. The average molecular weight is 606 g/mol. The predicted octanol–water partition coefficient (Wildman–Crippen LogP) is 2.43. The van der Waals surface area contributed by atoms with Crippen molar-refractivity contribution in [2.45, 2.75) is 32.6 Å². The first-order valence-electron chi connectivity index (χ1n) is 3.42. The first-order valence-corrected chi connectivity index (χ1v) is 4.23. The largest absolute Gasteiger partial charge is 0.573 e. The molecule has 1 nitrogen and oxygen atoms in total. The Kier molecular flexibility index (Phi) is 5.81. The molecule has 0 aliphatic rings. The number of rotatable bonds is 2. The summed E-state index contributed by atoms with van der Waals surface area (Å²) in [5, 5.41) is 3.10. The minimum absolute atomic E-state index is 0. The van der Waals surface area contributed by atoms with Crippen LogP contribution in [-0.2, 0) is 25.8 Å². The van der Waals surface area contributed by atoms with Crippen LogP contribution in [0.2, 0.25) is 0 Å². The summed E-state index contributed by atoms with van der Waals surface area (Å²) in [5.41, 5.74) is 4.03. The molecule has 0 fully saturated rings. The van der Waals surface area contributed by atoms with E-state index in [9.17, 15) is 0 Å². The third kappa shape index (κ3) is 2.73. The number of aromatic nitrogens is 1. The Balaban J connectivity index is 0. The standard InChI is InChI=1S/C8H11NS.Re.Rf/c1-4-8(2,3)7-5-10-6-9-7;;/h4H2,1-3H3;;/q-2;;. The molecule has 0 aliphatic carbocycles. The zero-order valence-electron chi connectivity index (χ0n) is 7.65. The van der Waals surface area contributed by atoms with E-state index in [-0.39, 0.29) is 25.8 Å². The quantitative estimate of drug-likeness (QED) is 0.472. The number of nitrogens with zero attached hydrogens (tertiary/aromatic N) is 1. The second-order valence-electron chi connectivity index (χ2n) is 2.99. The second-order valence-corrected chi connectivity index (χ2v) is 3.58. The van der Waals surface area contributed by atoms with Gasteiger partial charge in [-0.1, -0.05) is 20.8 Å². The van der Waals surface area contributed by atoms with Crippen molar-refractivity contribution in [1.29, 1.82) is 0 Å². The molecule has 0 bridgehead atoms. The summed E-state index contributed by atoms with van der Waals surface area (Å²) in [5.74, 6) is 0. The van der Waals surface area contributed by atoms with E-state index < -0.39 is 0 Å². The fourth-order valence-electron chi connectivity index (χ4n) is 0.619. The zero-order valence-corrected chi connectivity index (χ0v) is 17.6. The summed E-state index contributed by atoms with van der Waals surface area (Å²) < 4.78 is 0. The van der Waals surface area contributed by atoms with E-state index >= 15 is 0 Å². The minimum Gasteiger partial charge on any atom is -0.573 e. The summed E-state index contributed by atoms with van der Waals surface area (Å²) in [6.07, 6.45) is 1.10. The van der Waals surface area contributed by atoms with Gasteiger partial charge < -0.3 is 27.2 Å². The number of thiazole rings is 1. The van der Waals surface area contributed by atoms with Gasteiger partial charge in [0, 0.05) is 20.4 Å². The molecular formula is C8H11NReRfS-2. The van der Waals surface area contributed by atoms with Gasteiger partial charge in [-0.3, -0.25) is 0 Å². The topological polar surface area (TPSA) is 12.9 Å². The van der Waals surface area contributed by atoms with E-state index in [2.05, 4.69) is 36.6 Å². The number of hydrogen-bond donors (Lipinski definition) is 0. The smallest absolute Gasteiger partial charge is 0 e. The van der Waals surface area contributed by atoms with Crippen LogP contribution in [0.1, 0.15) is 32.9 Å². The Morgan fingerprint density at radius 2 is 2.08 bits per heavy atom. The summed E-state index contributed by atoms with van der Waals surface area (Å²) in [4.78, 5) is 4.10. The van der Waals surface area contributed by atoms with Crippen molar-refractivity contribution < 1.29 is 20.4 Å². The molecule has 0 unspecified atom stereocenters. The van der Waals surface area contributed by atoms with Crippen molar-refractivity contribution in [1.82, 2.24) is 4.98 Å². The fourth-order valence-corrected chi connectivity index (χ4v) is 1.22. The summed E-state index contributed by atoms with van der Waals surface area (Å²) >= 11 is 1.42. The van der Waals surface area contributed by atoms with Gasteiger partial charge in [0.25, 0.3) is 0 Å². The van der Waals surface area contributed by atoms with Gasteiger partial charge in [0.05, 0.1) is 0 Å². The zero-order chi connectivity index (χ0) is 7.61.